The summed E-state index contributed by atoms with van der Waals surface area (Å²) in [6.07, 6.45) is 2.70. The molecule has 9 heteroatoms. The highest BCUT2D eigenvalue weighted by molar-refractivity contribution is 8.26. The van der Waals surface area contributed by atoms with E-state index >= 15 is 0 Å². The van der Waals surface area contributed by atoms with E-state index in [4.69, 9.17) is 17.3 Å². The quantitative estimate of drug-likeness (QED) is 0.416. The highest BCUT2D eigenvalue weighted by Crippen LogP contribution is 2.33. The Hall–Kier alpha value is -2.00. The standard InChI is InChI=1S/C16H15F2NO4S2/c17-15(18)23-11-6-4-10(5-7-11)9-12-14(22)19(16(24)25-12)8-2-1-3-13(20)21/h4-7,9,15H,1-3,8H2,(H,20,21)/b12-9-. The number of carbonyl (C=O) groups excluding carboxylic acids is 1. The number of ether oxygens (including phenoxy) is 1. The fraction of sp³-hybridized carbons (Fsp3) is 0.312. The smallest absolute Gasteiger partial charge is 0.387 e. The normalized spacial score (nSPS) is 16.1. The number of nitrogens with zero attached hydrogens (tertiary/aromatic N) is 1. The summed E-state index contributed by atoms with van der Waals surface area (Å²) in [6.45, 7) is -2.51. The van der Waals surface area contributed by atoms with Gasteiger partial charge in [0.05, 0.1) is 4.91 Å². The van der Waals surface area contributed by atoms with Crippen molar-refractivity contribution < 1.29 is 28.2 Å². The Morgan fingerprint density at radius 2 is 2.00 bits per heavy atom. The van der Waals surface area contributed by atoms with Gasteiger partial charge in [0.1, 0.15) is 10.1 Å². The second-order valence-corrected chi connectivity index (χ2v) is 6.81. The molecule has 0 radical (unpaired) electrons. The average Bonchev–Trinajstić information content (AvgIpc) is 2.79. The Kier molecular flexibility index (Phi) is 6.89. The van der Waals surface area contributed by atoms with Crippen LogP contribution >= 0.6 is 24.0 Å². The fourth-order valence-corrected chi connectivity index (χ4v) is 3.44. The molecule has 0 spiro atoms. The summed E-state index contributed by atoms with van der Waals surface area (Å²) in [7, 11) is 0. The zero-order valence-electron chi connectivity index (χ0n) is 13.0. The maximum absolute atomic E-state index is 12.4. The first kappa shape index (κ1) is 19.3. The zero-order valence-corrected chi connectivity index (χ0v) is 14.6. The van der Waals surface area contributed by atoms with Crippen LogP contribution in [0.4, 0.5) is 8.78 Å². The van der Waals surface area contributed by atoms with Gasteiger partial charge in [0.2, 0.25) is 0 Å². The number of benzene rings is 1. The van der Waals surface area contributed by atoms with E-state index < -0.39 is 12.6 Å². The number of hydrogen-bond donors (Lipinski definition) is 1. The van der Waals surface area contributed by atoms with Crippen molar-refractivity contribution in [2.75, 3.05) is 6.54 Å². The summed E-state index contributed by atoms with van der Waals surface area (Å²) < 4.78 is 28.9. The largest absolute Gasteiger partial charge is 0.481 e. The third kappa shape index (κ3) is 5.79. The second-order valence-electron chi connectivity index (χ2n) is 5.13. The third-order valence-corrected chi connectivity index (χ3v) is 4.68. The van der Waals surface area contributed by atoms with Crippen molar-refractivity contribution in [1.82, 2.24) is 4.90 Å². The first-order valence-electron chi connectivity index (χ1n) is 7.39. The molecule has 1 amide bonds. The van der Waals surface area contributed by atoms with Gasteiger partial charge in [-0.25, -0.2) is 0 Å². The van der Waals surface area contributed by atoms with Crippen molar-refractivity contribution in [3.8, 4) is 5.75 Å². The molecule has 0 atom stereocenters. The lowest BCUT2D eigenvalue weighted by atomic mass is 10.2. The predicted octanol–water partition coefficient (Wildman–Crippen LogP) is 3.74. The Balaban J connectivity index is 1.98. The van der Waals surface area contributed by atoms with Gasteiger partial charge in [-0.05, 0) is 36.6 Å². The minimum Gasteiger partial charge on any atom is -0.481 e. The maximum atomic E-state index is 12.4. The van der Waals surface area contributed by atoms with Crippen molar-refractivity contribution in [1.29, 1.82) is 0 Å². The molecule has 1 N–H and O–H groups in total. The maximum Gasteiger partial charge on any atom is 0.387 e. The van der Waals surface area contributed by atoms with Gasteiger partial charge in [-0.1, -0.05) is 36.1 Å². The second kappa shape index (κ2) is 8.91. The highest BCUT2D eigenvalue weighted by atomic mass is 32.2. The molecule has 1 aliphatic heterocycles. The fourth-order valence-electron chi connectivity index (χ4n) is 2.14. The first-order chi connectivity index (χ1) is 11.9. The van der Waals surface area contributed by atoms with Crippen molar-refractivity contribution in [3.63, 3.8) is 0 Å². The molecule has 134 valence electrons. The van der Waals surface area contributed by atoms with Gasteiger partial charge in [0, 0.05) is 13.0 Å². The van der Waals surface area contributed by atoms with Crippen LogP contribution in [-0.2, 0) is 9.59 Å². The number of hydrogen-bond acceptors (Lipinski definition) is 5. The molecule has 5 nitrogen and oxygen atoms in total. The molecule has 1 aromatic carbocycles. The van der Waals surface area contributed by atoms with Crippen LogP contribution in [-0.4, -0.2) is 39.4 Å². The molecule has 25 heavy (non-hydrogen) atoms. The van der Waals surface area contributed by atoms with E-state index in [1.54, 1.807) is 18.2 Å². The van der Waals surface area contributed by atoms with Crippen molar-refractivity contribution >= 4 is 46.3 Å². The Bertz CT molecular complexity index is 692. The van der Waals surface area contributed by atoms with Crippen molar-refractivity contribution in [2.45, 2.75) is 25.9 Å². The van der Waals surface area contributed by atoms with Crippen LogP contribution < -0.4 is 4.74 Å². The topological polar surface area (TPSA) is 66.8 Å². The van der Waals surface area contributed by atoms with E-state index in [9.17, 15) is 18.4 Å². The van der Waals surface area contributed by atoms with Gasteiger partial charge in [0.15, 0.2) is 0 Å². The highest BCUT2D eigenvalue weighted by Gasteiger charge is 2.31. The van der Waals surface area contributed by atoms with E-state index in [1.165, 1.54) is 17.0 Å². The molecule has 0 aromatic heterocycles. The Morgan fingerprint density at radius 3 is 2.60 bits per heavy atom. The number of carbonyl (C=O) groups is 2. The van der Waals surface area contributed by atoms with E-state index in [0.29, 0.717) is 34.2 Å². The van der Waals surface area contributed by atoms with Gasteiger partial charge in [-0.3, -0.25) is 14.5 Å². The summed E-state index contributed by atoms with van der Waals surface area (Å²) in [5.41, 5.74) is 0.660. The number of thiocarbonyl (C=S) groups is 1. The SMILES string of the molecule is O=C(O)CCCCN1C(=O)/C(=C/c2ccc(OC(F)F)cc2)SC1=S. The summed E-state index contributed by atoms with van der Waals surface area (Å²) in [6, 6.07) is 5.92. The van der Waals surface area contributed by atoms with E-state index in [2.05, 4.69) is 4.74 Å². The lowest BCUT2D eigenvalue weighted by Crippen LogP contribution is -2.29. The van der Waals surface area contributed by atoms with Crippen molar-refractivity contribution in [3.05, 3.63) is 34.7 Å². The molecule has 0 saturated carbocycles. The van der Waals surface area contributed by atoms with Gasteiger partial charge in [-0.2, -0.15) is 8.78 Å². The molecular formula is C16H15F2NO4S2. The molecule has 1 fully saturated rings. The van der Waals surface area contributed by atoms with E-state index in [0.717, 1.165) is 11.8 Å². The number of rotatable bonds is 8. The van der Waals surface area contributed by atoms with Crippen LogP contribution in [0.5, 0.6) is 5.75 Å². The van der Waals surface area contributed by atoms with Crippen LogP contribution in [0.15, 0.2) is 29.2 Å². The third-order valence-electron chi connectivity index (χ3n) is 3.30. The van der Waals surface area contributed by atoms with Gasteiger partial charge < -0.3 is 9.84 Å². The number of aliphatic carboxylic acids is 1. The molecule has 1 heterocycles. The molecule has 0 unspecified atom stereocenters. The van der Waals surface area contributed by atoms with Crippen LogP contribution in [0.3, 0.4) is 0 Å². The Morgan fingerprint density at radius 1 is 1.32 bits per heavy atom. The van der Waals surface area contributed by atoms with Gasteiger partial charge in [0.25, 0.3) is 5.91 Å². The van der Waals surface area contributed by atoms with Crippen LogP contribution in [0, 0.1) is 0 Å². The average molecular weight is 387 g/mol. The number of thioether (sulfide) groups is 1. The molecular weight excluding hydrogens is 372 g/mol. The zero-order chi connectivity index (χ0) is 18.4. The summed E-state index contributed by atoms with van der Waals surface area (Å²) >= 11 is 6.34. The van der Waals surface area contributed by atoms with E-state index in [1.807, 2.05) is 0 Å². The summed E-state index contributed by atoms with van der Waals surface area (Å²) in [5, 5.41) is 8.61. The summed E-state index contributed by atoms with van der Waals surface area (Å²) in [4.78, 5) is 24.7. The first-order valence-corrected chi connectivity index (χ1v) is 8.61. The molecule has 1 saturated heterocycles. The minimum absolute atomic E-state index is 0.0399. The number of unbranched alkanes of at least 4 members (excludes halogenated alkanes) is 1. The molecule has 0 bridgehead atoms. The number of carboxylic acids is 1. The Labute approximate surface area is 152 Å². The predicted molar refractivity (Wildman–Crippen MR) is 94.4 cm³/mol. The van der Waals surface area contributed by atoms with Crippen molar-refractivity contribution in [2.24, 2.45) is 0 Å². The number of carboxylic acid groups (broad SMARTS) is 1. The minimum atomic E-state index is -2.89. The van der Waals surface area contributed by atoms with Gasteiger partial charge >= 0.3 is 12.6 Å². The lowest BCUT2D eigenvalue weighted by molar-refractivity contribution is -0.137. The number of amides is 1. The van der Waals surface area contributed by atoms with E-state index in [-0.39, 0.29) is 18.1 Å². The van der Waals surface area contributed by atoms with Crippen LogP contribution in [0.25, 0.3) is 6.08 Å². The lowest BCUT2D eigenvalue weighted by Gasteiger charge is -2.13. The number of halogens is 2. The number of alkyl halides is 2. The van der Waals surface area contributed by atoms with Crippen LogP contribution in [0.1, 0.15) is 24.8 Å². The molecule has 1 aromatic rings. The summed E-state index contributed by atoms with van der Waals surface area (Å²) in [5.74, 6) is -1.07. The van der Waals surface area contributed by atoms with Gasteiger partial charge in [-0.15, -0.1) is 0 Å². The molecule has 0 aliphatic carbocycles. The molecule has 2 rings (SSSR count). The molecule has 1 aliphatic rings. The monoisotopic (exact) mass is 387 g/mol. The van der Waals surface area contributed by atoms with Crippen LogP contribution in [0.2, 0.25) is 0 Å².